The Hall–Kier alpha value is -2.13. The van der Waals surface area contributed by atoms with Gasteiger partial charge in [-0.1, -0.05) is 0 Å². The lowest BCUT2D eigenvalue weighted by molar-refractivity contribution is -0.130. The van der Waals surface area contributed by atoms with Gasteiger partial charge in [-0.05, 0) is 19.1 Å². The minimum Gasteiger partial charge on any atom is -0.350 e. The van der Waals surface area contributed by atoms with Crippen LogP contribution in [-0.4, -0.2) is 55.6 Å². The molecule has 1 aromatic rings. The van der Waals surface area contributed by atoms with E-state index in [1.165, 1.54) is 0 Å². The number of aryl methyl sites for hydroxylation is 1. The van der Waals surface area contributed by atoms with Gasteiger partial charge in [-0.25, -0.2) is 4.98 Å². The number of nitrogens with zero attached hydrogens (tertiary/aromatic N) is 4. The van der Waals surface area contributed by atoms with Crippen molar-refractivity contribution in [2.24, 2.45) is 0 Å². The van der Waals surface area contributed by atoms with Crippen molar-refractivity contribution in [2.45, 2.75) is 6.92 Å². The Morgan fingerprint density at radius 1 is 1.50 bits per heavy atom. The molecular weight excluding hydrogens is 254 g/mol. The number of likely N-dealkylation sites (N-methyl/N-ethyl adjacent to an activating group) is 1. The molecule has 1 fully saturated rings. The van der Waals surface area contributed by atoms with Crippen LogP contribution in [0.15, 0.2) is 12.1 Å². The zero-order chi connectivity index (χ0) is 14.5. The van der Waals surface area contributed by atoms with E-state index in [0.29, 0.717) is 23.6 Å². The molecular formula is C14H19N5O. The summed E-state index contributed by atoms with van der Waals surface area (Å²) >= 11 is 0. The molecule has 0 aliphatic carbocycles. The molecule has 1 amide bonds. The number of carbonyl (C=O) groups is 1. The molecule has 1 aliphatic heterocycles. The van der Waals surface area contributed by atoms with Crippen molar-refractivity contribution in [1.82, 2.24) is 15.2 Å². The number of hydrogen-bond acceptors (Lipinski definition) is 5. The van der Waals surface area contributed by atoms with E-state index in [1.54, 1.807) is 19.1 Å². The molecule has 1 aliphatic rings. The van der Waals surface area contributed by atoms with Gasteiger partial charge in [-0.2, -0.15) is 5.26 Å². The second-order valence-electron chi connectivity index (χ2n) is 4.90. The molecule has 2 heterocycles. The third-order valence-electron chi connectivity index (χ3n) is 3.42. The van der Waals surface area contributed by atoms with Gasteiger partial charge in [0.2, 0.25) is 5.91 Å². The minimum atomic E-state index is 0.109. The number of amides is 1. The first-order valence-electron chi connectivity index (χ1n) is 6.69. The van der Waals surface area contributed by atoms with Crippen LogP contribution in [0.5, 0.6) is 0 Å². The second kappa shape index (κ2) is 6.35. The summed E-state index contributed by atoms with van der Waals surface area (Å²) in [6, 6.07) is 5.60. The molecule has 1 aromatic heterocycles. The van der Waals surface area contributed by atoms with Crippen LogP contribution in [0.1, 0.15) is 11.3 Å². The smallest absolute Gasteiger partial charge is 0.242 e. The summed E-state index contributed by atoms with van der Waals surface area (Å²) in [6.45, 7) is 5.32. The van der Waals surface area contributed by atoms with Crippen LogP contribution in [0.25, 0.3) is 0 Å². The van der Waals surface area contributed by atoms with Gasteiger partial charge in [0.05, 0.1) is 17.8 Å². The molecule has 0 spiro atoms. The Morgan fingerprint density at radius 3 is 2.80 bits per heavy atom. The van der Waals surface area contributed by atoms with Crippen LogP contribution in [0, 0.1) is 18.3 Å². The first-order valence-corrected chi connectivity index (χ1v) is 6.69. The van der Waals surface area contributed by atoms with Crippen LogP contribution in [0.2, 0.25) is 0 Å². The average molecular weight is 273 g/mol. The Morgan fingerprint density at radius 2 is 2.20 bits per heavy atom. The number of piperazine rings is 1. The molecule has 106 valence electrons. The Labute approximate surface area is 119 Å². The summed E-state index contributed by atoms with van der Waals surface area (Å²) in [5, 5.41) is 12.1. The lowest BCUT2D eigenvalue weighted by Crippen LogP contribution is -2.49. The Balaban J connectivity index is 2.00. The zero-order valence-electron chi connectivity index (χ0n) is 11.9. The topological polar surface area (TPSA) is 72.3 Å². The van der Waals surface area contributed by atoms with E-state index in [-0.39, 0.29) is 5.91 Å². The van der Waals surface area contributed by atoms with E-state index in [9.17, 15) is 4.79 Å². The summed E-state index contributed by atoms with van der Waals surface area (Å²) in [5.41, 5.74) is 1.25. The lowest BCUT2D eigenvalue weighted by atomic mass is 10.2. The Bertz CT molecular complexity index is 531. The first kappa shape index (κ1) is 14.3. The SMILES string of the molecule is Cc1nc(N(C)CC(=O)N2CCNCC2)ccc1C#N. The molecule has 0 bridgehead atoms. The molecule has 0 saturated carbocycles. The van der Waals surface area contributed by atoms with Crippen molar-refractivity contribution in [2.75, 3.05) is 44.7 Å². The maximum absolute atomic E-state index is 12.2. The van der Waals surface area contributed by atoms with Gasteiger partial charge in [-0.15, -0.1) is 0 Å². The molecule has 0 atom stereocenters. The fourth-order valence-electron chi connectivity index (χ4n) is 2.18. The van der Waals surface area contributed by atoms with E-state index in [4.69, 9.17) is 5.26 Å². The summed E-state index contributed by atoms with van der Waals surface area (Å²) in [4.78, 5) is 20.2. The number of rotatable bonds is 3. The predicted octanol–water partition coefficient (Wildman–Crippen LogP) is 0.130. The highest BCUT2D eigenvalue weighted by Crippen LogP contribution is 2.13. The fourth-order valence-corrected chi connectivity index (χ4v) is 2.18. The van der Waals surface area contributed by atoms with Crippen molar-refractivity contribution in [1.29, 1.82) is 5.26 Å². The third-order valence-corrected chi connectivity index (χ3v) is 3.42. The van der Waals surface area contributed by atoms with Gasteiger partial charge in [0, 0.05) is 33.2 Å². The number of carbonyl (C=O) groups excluding carboxylic acids is 1. The summed E-state index contributed by atoms with van der Waals surface area (Å²) in [6.07, 6.45) is 0. The zero-order valence-corrected chi connectivity index (χ0v) is 11.9. The van der Waals surface area contributed by atoms with E-state index < -0.39 is 0 Å². The fraction of sp³-hybridized carbons (Fsp3) is 0.500. The average Bonchev–Trinajstić information content (AvgIpc) is 2.48. The standard InChI is InChI=1S/C14H19N5O/c1-11-12(9-15)3-4-13(17-11)18(2)10-14(20)19-7-5-16-6-8-19/h3-4,16H,5-8,10H2,1-2H3. The highest BCUT2D eigenvalue weighted by Gasteiger charge is 2.18. The number of anilines is 1. The molecule has 20 heavy (non-hydrogen) atoms. The van der Waals surface area contributed by atoms with Crippen molar-refractivity contribution >= 4 is 11.7 Å². The van der Waals surface area contributed by atoms with E-state index >= 15 is 0 Å². The lowest BCUT2D eigenvalue weighted by Gasteiger charge is -2.29. The molecule has 6 heteroatoms. The van der Waals surface area contributed by atoms with Gasteiger partial charge >= 0.3 is 0 Å². The van der Waals surface area contributed by atoms with Crippen molar-refractivity contribution in [3.8, 4) is 6.07 Å². The van der Waals surface area contributed by atoms with Gasteiger partial charge in [-0.3, -0.25) is 4.79 Å². The largest absolute Gasteiger partial charge is 0.350 e. The third kappa shape index (κ3) is 3.25. The predicted molar refractivity (Wildman–Crippen MR) is 76.4 cm³/mol. The molecule has 1 N–H and O–H groups in total. The number of aromatic nitrogens is 1. The quantitative estimate of drug-likeness (QED) is 0.847. The van der Waals surface area contributed by atoms with Crippen molar-refractivity contribution in [3.05, 3.63) is 23.4 Å². The normalized spacial score (nSPS) is 14.8. The summed E-state index contributed by atoms with van der Waals surface area (Å²) in [7, 11) is 1.84. The molecule has 0 unspecified atom stereocenters. The van der Waals surface area contributed by atoms with Crippen LogP contribution in [-0.2, 0) is 4.79 Å². The first-order chi connectivity index (χ1) is 9.61. The van der Waals surface area contributed by atoms with Gasteiger partial charge in [0.1, 0.15) is 11.9 Å². The number of hydrogen-bond donors (Lipinski definition) is 1. The maximum Gasteiger partial charge on any atom is 0.242 e. The van der Waals surface area contributed by atoms with E-state index in [2.05, 4.69) is 16.4 Å². The molecule has 2 rings (SSSR count). The van der Waals surface area contributed by atoms with Crippen molar-refractivity contribution < 1.29 is 4.79 Å². The number of nitrogens with one attached hydrogen (secondary N) is 1. The minimum absolute atomic E-state index is 0.109. The van der Waals surface area contributed by atoms with Gasteiger partial charge in [0.15, 0.2) is 0 Å². The van der Waals surface area contributed by atoms with Gasteiger partial charge < -0.3 is 15.1 Å². The molecule has 0 aromatic carbocycles. The molecule has 6 nitrogen and oxygen atoms in total. The van der Waals surface area contributed by atoms with Crippen LogP contribution >= 0.6 is 0 Å². The number of nitriles is 1. The highest BCUT2D eigenvalue weighted by atomic mass is 16.2. The van der Waals surface area contributed by atoms with E-state index in [1.807, 2.05) is 16.8 Å². The number of pyridine rings is 1. The Kier molecular flexibility index (Phi) is 4.53. The van der Waals surface area contributed by atoms with Crippen LogP contribution in [0.3, 0.4) is 0 Å². The van der Waals surface area contributed by atoms with Crippen molar-refractivity contribution in [3.63, 3.8) is 0 Å². The molecule has 1 saturated heterocycles. The van der Waals surface area contributed by atoms with Crippen LogP contribution < -0.4 is 10.2 Å². The highest BCUT2D eigenvalue weighted by molar-refractivity contribution is 5.81. The van der Waals surface area contributed by atoms with E-state index in [0.717, 1.165) is 26.2 Å². The maximum atomic E-state index is 12.2. The summed E-state index contributed by atoms with van der Waals surface area (Å²) < 4.78 is 0. The molecule has 0 radical (unpaired) electrons. The second-order valence-corrected chi connectivity index (χ2v) is 4.90. The summed E-state index contributed by atoms with van der Waals surface area (Å²) in [5.74, 6) is 0.822. The monoisotopic (exact) mass is 273 g/mol. The van der Waals surface area contributed by atoms with Gasteiger partial charge in [0.25, 0.3) is 0 Å². The van der Waals surface area contributed by atoms with Crippen LogP contribution in [0.4, 0.5) is 5.82 Å².